The molecule has 3 unspecified atom stereocenters. The number of aliphatic hydroxyl groups excluding tert-OH is 2. The Morgan fingerprint density at radius 2 is 1.17 bits per heavy atom. The van der Waals surface area contributed by atoms with Crippen molar-refractivity contribution in [3.8, 4) is 0 Å². The topological polar surface area (TPSA) is 158 Å². The first kappa shape index (κ1) is 52.0. The summed E-state index contributed by atoms with van der Waals surface area (Å²) in [6, 6.07) is 0. The van der Waals surface area contributed by atoms with Crippen LogP contribution in [0.15, 0.2) is 60.9 Å². The van der Waals surface area contributed by atoms with Crippen LogP contribution in [0.5, 0.6) is 0 Å². The van der Waals surface area contributed by atoms with Gasteiger partial charge in [0.05, 0.1) is 31.7 Å². The lowest BCUT2D eigenvalue weighted by Crippen LogP contribution is -2.28. The molecule has 4 atom stereocenters. The first-order chi connectivity index (χ1) is 26.3. The molecule has 0 aliphatic rings. The number of ether oxygens (including phenoxy) is 2. The summed E-state index contributed by atoms with van der Waals surface area (Å²) < 4.78 is 32.9. The molecule has 0 aromatic rings. The fourth-order valence-corrected chi connectivity index (χ4v) is 6.18. The van der Waals surface area contributed by atoms with Gasteiger partial charge in [0, 0.05) is 13.0 Å². The molecule has 0 amide bonds. The number of hydrogen-bond acceptors (Lipinski definition) is 9. The van der Waals surface area contributed by atoms with Gasteiger partial charge in [-0.3, -0.25) is 13.8 Å². The maximum Gasteiger partial charge on any atom is 0.472 e. The summed E-state index contributed by atoms with van der Waals surface area (Å²) in [7, 11) is -4.38. The highest BCUT2D eigenvalue weighted by atomic mass is 31.2. The second kappa shape index (κ2) is 39.2. The number of phosphoric acid groups is 1. The van der Waals surface area contributed by atoms with Gasteiger partial charge in [0.1, 0.15) is 6.61 Å². The summed E-state index contributed by atoms with van der Waals surface area (Å²) in [4.78, 5) is 22.5. The highest BCUT2D eigenvalue weighted by Gasteiger charge is 2.25. The zero-order chi connectivity index (χ0) is 39.8. The zero-order valence-electron chi connectivity index (χ0n) is 33.9. The van der Waals surface area contributed by atoms with E-state index in [0.29, 0.717) is 6.42 Å². The summed E-state index contributed by atoms with van der Waals surface area (Å²) in [6.07, 6.45) is 40.7. The number of hydrogen-bond donors (Lipinski definition) is 4. The van der Waals surface area contributed by atoms with Crippen molar-refractivity contribution in [2.75, 3.05) is 26.4 Å². The van der Waals surface area contributed by atoms with Gasteiger partial charge in [-0.25, -0.2) is 4.57 Å². The molecule has 5 N–H and O–H groups in total. The van der Waals surface area contributed by atoms with E-state index in [9.17, 15) is 24.5 Å². The number of unbranched alkanes of at least 4 members (excludes halogenated alkanes) is 14. The van der Waals surface area contributed by atoms with Crippen molar-refractivity contribution in [1.82, 2.24) is 0 Å². The molecule has 0 fully saturated rings. The second-order valence-corrected chi connectivity index (χ2v) is 15.3. The molecular formula is C43H78NO9P. The first-order valence-corrected chi connectivity index (χ1v) is 22.5. The SMILES string of the molecule is CCCCC/C=C\C/C=C\C/C=C\CC(O)C(O)CCCC(=O)O[C@H](CO/C=C/CCCCCC/C=C\CCCCCCCC)COP(=O)(O)OCCN. The second-order valence-electron chi connectivity index (χ2n) is 13.9. The third-order valence-electron chi connectivity index (χ3n) is 8.67. The van der Waals surface area contributed by atoms with Crippen LogP contribution in [0.4, 0.5) is 0 Å². The lowest BCUT2D eigenvalue weighted by atomic mass is 10.0. The van der Waals surface area contributed by atoms with E-state index in [4.69, 9.17) is 24.3 Å². The van der Waals surface area contributed by atoms with Crippen molar-refractivity contribution >= 4 is 13.8 Å². The predicted molar refractivity (Wildman–Crippen MR) is 222 cm³/mol. The molecule has 0 aliphatic carbocycles. The molecule has 10 nitrogen and oxygen atoms in total. The largest absolute Gasteiger partial charge is 0.498 e. The van der Waals surface area contributed by atoms with Gasteiger partial charge in [-0.2, -0.15) is 0 Å². The Bertz CT molecular complexity index is 1050. The number of rotatable bonds is 39. The Morgan fingerprint density at radius 3 is 1.80 bits per heavy atom. The van der Waals surface area contributed by atoms with E-state index < -0.39 is 38.7 Å². The maximum absolute atomic E-state index is 12.6. The van der Waals surface area contributed by atoms with Gasteiger partial charge in [0.2, 0.25) is 0 Å². The quantitative estimate of drug-likeness (QED) is 0.0155. The first-order valence-electron chi connectivity index (χ1n) is 21.0. The lowest BCUT2D eigenvalue weighted by molar-refractivity contribution is -0.153. The van der Waals surface area contributed by atoms with E-state index in [1.807, 2.05) is 18.2 Å². The van der Waals surface area contributed by atoms with Crippen molar-refractivity contribution in [1.29, 1.82) is 0 Å². The Kier molecular flexibility index (Phi) is 37.7. The van der Waals surface area contributed by atoms with Gasteiger partial charge in [-0.15, -0.1) is 0 Å². The molecule has 0 bridgehead atoms. The van der Waals surface area contributed by atoms with Crippen molar-refractivity contribution in [3.05, 3.63) is 60.9 Å². The molecule has 0 rings (SSSR count). The van der Waals surface area contributed by atoms with Gasteiger partial charge in [-0.05, 0) is 89.5 Å². The molecule has 0 aromatic carbocycles. The number of allylic oxidation sites excluding steroid dienone is 8. The number of aliphatic hydroxyl groups is 2. The molecule has 0 aliphatic heterocycles. The zero-order valence-corrected chi connectivity index (χ0v) is 34.8. The molecule has 0 radical (unpaired) electrons. The van der Waals surface area contributed by atoms with E-state index in [1.54, 1.807) is 6.26 Å². The fourth-order valence-electron chi connectivity index (χ4n) is 5.41. The van der Waals surface area contributed by atoms with Gasteiger partial charge >= 0.3 is 13.8 Å². The van der Waals surface area contributed by atoms with E-state index in [0.717, 1.165) is 44.9 Å². The number of carbonyl (C=O) groups excluding carboxylic acids is 1. The monoisotopic (exact) mass is 784 g/mol. The van der Waals surface area contributed by atoms with Crippen LogP contribution in [0.2, 0.25) is 0 Å². The minimum absolute atomic E-state index is 0.0147. The summed E-state index contributed by atoms with van der Waals surface area (Å²) >= 11 is 0. The molecule has 0 saturated heterocycles. The average molecular weight is 784 g/mol. The highest BCUT2D eigenvalue weighted by molar-refractivity contribution is 7.47. The minimum atomic E-state index is -4.38. The molecule has 54 heavy (non-hydrogen) atoms. The summed E-state index contributed by atoms with van der Waals surface area (Å²) in [6.45, 7) is 3.84. The number of phosphoric ester groups is 1. The molecule has 0 aromatic heterocycles. The van der Waals surface area contributed by atoms with Crippen LogP contribution in [0.1, 0.15) is 162 Å². The number of nitrogens with two attached hydrogens (primary N) is 1. The van der Waals surface area contributed by atoms with Crippen LogP contribution in [-0.4, -0.2) is 65.8 Å². The molecule has 0 heterocycles. The maximum atomic E-state index is 12.6. The number of carbonyl (C=O) groups is 1. The highest BCUT2D eigenvalue weighted by Crippen LogP contribution is 2.43. The minimum Gasteiger partial charge on any atom is -0.498 e. The molecular weight excluding hydrogens is 705 g/mol. The van der Waals surface area contributed by atoms with Crippen molar-refractivity contribution in [2.45, 2.75) is 180 Å². The summed E-state index contributed by atoms with van der Waals surface area (Å²) in [5.41, 5.74) is 5.34. The Hall–Kier alpha value is -2.04. The summed E-state index contributed by atoms with van der Waals surface area (Å²) in [5, 5.41) is 20.7. The van der Waals surface area contributed by atoms with Gasteiger partial charge in [-0.1, -0.05) is 120 Å². The van der Waals surface area contributed by atoms with E-state index >= 15 is 0 Å². The predicted octanol–water partition coefficient (Wildman–Crippen LogP) is 10.5. The van der Waals surface area contributed by atoms with Crippen LogP contribution in [-0.2, 0) is 27.9 Å². The van der Waals surface area contributed by atoms with Crippen LogP contribution in [0.25, 0.3) is 0 Å². The fraction of sp³-hybridized carbons (Fsp3) is 0.744. The average Bonchev–Trinajstić information content (AvgIpc) is 3.15. The van der Waals surface area contributed by atoms with Crippen molar-refractivity contribution < 1.29 is 43.0 Å². The smallest absolute Gasteiger partial charge is 0.472 e. The molecule has 0 spiro atoms. The molecule has 0 saturated carbocycles. The summed E-state index contributed by atoms with van der Waals surface area (Å²) in [5.74, 6) is -0.576. The van der Waals surface area contributed by atoms with E-state index in [2.05, 4.69) is 50.3 Å². The third-order valence-corrected chi connectivity index (χ3v) is 9.66. The number of esters is 1. The van der Waals surface area contributed by atoms with E-state index in [-0.39, 0.29) is 39.0 Å². The molecule has 11 heteroatoms. The lowest BCUT2D eigenvalue weighted by Gasteiger charge is -2.20. The normalized spacial score (nSPS) is 15.2. The van der Waals surface area contributed by atoms with Crippen LogP contribution in [0, 0.1) is 0 Å². The third kappa shape index (κ3) is 36.9. The standard InChI is InChI=1S/C43H78NO9P/c1-3-5-7-9-11-13-15-17-18-19-20-22-24-26-28-30-36-50-38-40(39-52-54(48,49)51-37-35-44)53-43(47)34-31-33-42(46)41(45)32-29-27-25-23-21-16-14-12-10-8-6-4-2/h12,14,17-18,21,23,27,29-30,36,40-42,45-46H,3-11,13,15-16,19-20,22,24-26,28,31-35,37-39,44H2,1-2H3,(H,48,49)/b14-12-,18-17-,23-21-,29-27-,36-30+/t40-,41?,42?/m1/s1. The van der Waals surface area contributed by atoms with Crippen molar-refractivity contribution in [3.63, 3.8) is 0 Å². The van der Waals surface area contributed by atoms with Gasteiger partial charge in [0.25, 0.3) is 0 Å². The van der Waals surface area contributed by atoms with E-state index in [1.165, 1.54) is 77.0 Å². The van der Waals surface area contributed by atoms with Gasteiger partial charge < -0.3 is 30.3 Å². The Morgan fingerprint density at radius 1 is 0.648 bits per heavy atom. The Labute approximate surface area is 329 Å². The van der Waals surface area contributed by atoms with Crippen LogP contribution >= 0.6 is 7.82 Å². The van der Waals surface area contributed by atoms with Crippen LogP contribution < -0.4 is 5.73 Å². The van der Waals surface area contributed by atoms with Crippen molar-refractivity contribution in [2.24, 2.45) is 5.73 Å². The molecule has 314 valence electrons. The Balaban J connectivity index is 4.40. The van der Waals surface area contributed by atoms with Crippen LogP contribution in [0.3, 0.4) is 0 Å². The van der Waals surface area contributed by atoms with Gasteiger partial charge in [0.15, 0.2) is 6.10 Å².